The maximum absolute atomic E-state index is 12.7. The van der Waals surface area contributed by atoms with Gasteiger partial charge in [-0.25, -0.2) is 22.0 Å². The third kappa shape index (κ3) is 2.69. The lowest BCUT2D eigenvalue weighted by atomic mass is 9.78. The van der Waals surface area contributed by atoms with Crippen molar-refractivity contribution in [1.29, 1.82) is 0 Å². The lowest BCUT2D eigenvalue weighted by molar-refractivity contribution is 0.260. The molecule has 0 amide bonds. The van der Waals surface area contributed by atoms with E-state index in [2.05, 4.69) is 29.1 Å². The number of fused-ring (bicyclic) bond motifs is 3. The molecular weight excluding hydrogens is 386 g/mol. The van der Waals surface area contributed by atoms with E-state index >= 15 is 0 Å². The van der Waals surface area contributed by atoms with Gasteiger partial charge in [0.2, 0.25) is 20.0 Å². The summed E-state index contributed by atoms with van der Waals surface area (Å²) in [4.78, 5) is -0.575. The van der Waals surface area contributed by atoms with Crippen molar-refractivity contribution in [2.75, 3.05) is 5.32 Å². The Morgan fingerprint density at radius 1 is 1.36 bits per heavy atom. The molecule has 25 heavy (non-hydrogen) atoms. The number of halogens is 1. The summed E-state index contributed by atoms with van der Waals surface area (Å²) in [7, 11) is -8.01. The van der Waals surface area contributed by atoms with E-state index in [0.29, 0.717) is 5.92 Å². The highest BCUT2D eigenvalue weighted by Crippen LogP contribution is 2.54. The van der Waals surface area contributed by atoms with Gasteiger partial charge in [0, 0.05) is 5.92 Å². The first-order valence-corrected chi connectivity index (χ1v) is 11.2. The van der Waals surface area contributed by atoms with Crippen LogP contribution in [0.3, 0.4) is 0 Å². The molecule has 2 unspecified atom stereocenters. The molecular formula is C15H18ClN3O4S2. The molecule has 0 radical (unpaired) electrons. The summed E-state index contributed by atoms with van der Waals surface area (Å²) in [6.07, 6.45) is 5.78. The molecule has 1 aromatic rings. The third-order valence-electron chi connectivity index (χ3n) is 5.48. The van der Waals surface area contributed by atoms with E-state index in [0.717, 1.165) is 18.9 Å². The molecule has 1 fully saturated rings. The molecule has 0 saturated heterocycles. The molecule has 2 bridgehead atoms. The van der Waals surface area contributed by atoms with Crippen molar-refractivity contribution in [3.8, 4) is 0 Å². The zero-order chi connectivity index (χ0) is 18.2. The van der Waals surface area contributed by atoms with Gasteiger partial charge in [0.1, 0.15) is 9.79 Å². The highest BCUT2D eigenvalue weighted by Gasteiger charge is 2.50. The van der Waals surface area contributed by atoms with Crippen LogP contribution < -0.4 is 15.2 Å². The summed E-state index contributed by atoms with van der Waals surface area (Å²) in [5.74, 6) is 0.568. The van der Waals surface area contributed by atoms with Crippen molar-refractivity contribution in [2.45, 2.75) is 35.7 Å². The molecule has 4 N–H and O–H groups in total. The van der Waals surface area contributed by atoms with Crippen LogP contribution in [0.1, 0.15) is 19.8 Å². The van der Waals surface area contributed by atoms with E-state index in [4.69, 9.17) is 16.7 Å². The number of sulfonamides is 2. The fraction of sp³-hybridized carbons (Fsp3) is 0.467. The van der Waals surface area contributed by atoms with Crippen LogP contribution in [0, 0.1) is 17.3 Å². The van der Waals surface area contributed by atoms with Crippen LogP contribution in [-0.4, -0.2) is 23.0 Å². The van der Waals surface area contributed by atoms with Crippen molar-refractivity contribution >= 4 is 37.3 Å². The first-order valence-electron chi connectivity index (χ1n) is 7.84. The number of rotatable bonds is 2. The standard InChI is InChI=1S/C15H18ClN3O4S2/c1-15-3-2-8(7-15)4-9(15)14-18-11-5-10(16)12(24(17,20)21)6-13(11)25(22,23)19-14/h2-3,5-6,8-9,14,18-19H,4,7H2,1H3,(H2,17,20,21)/t8-,9?,14?,15-/m1/s1. The van der Waals surface area contributed by atoms with E-state index in [-0.39, 0.29) is 26.9 Å². The number of anilines is 1. The first-order chi connectivity index (χ1) is 11.5. The Hall–Kier alpha value is -1.13. The molecule has 1 saturated carbocycles. The minimum Gasteiger partial charge on any atom is -0.368 e. The fourth-order valence-corrected chi connectivity index (χ4v) is 6.84. The average molecular weight is 404 g/mol. The molecule has 0 spiro atoms. The zero-order valence-electron chi connectivity index (χ0n) is 13.4. The van der Waals surface area contributed by atoms with Crippen molar-refractivity contribution in [1.82, 2.24) is 4.72 Å². The van der Waals surface area contributed by atoms with Crippen LogP contribution in [0.25, 0.3) is 0 Å². The summed E-state index contributed by atoms with van der Waals surface area (Å²) in [6, 6.07) is 2.31. The maximum atomic E-state index is 12.7. The molecule has 2 aliphatic carbocycles. The number of nitrogens with one attached hydrogen (secondary N) is 2. The zero-order valence-corrected chi connectivity index (χ0v) is 15.7. The van der Waals surface area contributed by atoms with E-state index < -0.39 is 31.1 Å². The number of hydrogen-bond donors (Lipinski definition) is 3. The van der Waals surface area contributed by atoms with Crippen molar-refractivity contribution in [3.05, 3.63) is 29.3 Å². The molecule has 3 aliphatic rings. The van der Waals surface area contributed by atoms with Gasteiger partial charge in [0.05, 0.1) is 16.9 Å². The van der Waals surface area contributed by atoms with Crippen LogP contribution in [-0.2, 0) is 20.0 Å². The second kappa shape index (κ2) is 5.20. The van der Waals surface area contributed by atoms with Gasteiger partial charge in [0.25, 0.3) is 0 Å². The maximum Gasteiger partial charge on any atom is 0.244 e. The lowest BCUT2D eigenvalue weighted by Crippen LogP contribution is -2.52. The van der Waals surface area contributed by atoms with Gasteiger partial charge >= 0.3 is 0 Å². The summed E-state index contributed by atoms with van der Waals surface area (Å²) in [6.45, 7) is 2.13. The minimum absolute atomic E-state index is 0.0628. The van der Waals surface area contributed by atoms with Gasteiger partial charge in [-0.1, -0.05) is 30.7 Å². The van der Waals surface area contributed by atoms with Crippen LogP contribution in [0.4, 0.5) is 5.69 Å². The second-order valence-electron chi connectivity index (χ2n) is 7.24. The Kier molecular flexibility index (Phi) is 3.60. The van der Waals surface area contributed by atoms with Crippen molar-refractivity contribution in [2.24, 2.45) is 22.4 Å². The van der Waals surface area contributed by atoms with E-state index in [1.54, 1.807) is 0 Å². The Morgan fingerprint density at radius 2 is 2.08 bits per heavy atom. The molecule has 4 atom stereocenters. The molecule has 1 heterocycles. The van der Waals surface area contributed by atoms with E-state index in [1.807, 2.05) is 0 Å². The van der Waals surface area contributed by atoms with Gasteiger partial charge in [-0.15, -0.1) is 0 Å². The normalized spacial score (nSPS) is 35.4. The minimum atomic E-state index is -4.12. The van der Waals surface area contributed by atoms with Gasteiger partial charge < -0.3 is 5.32 Å². The third-order valence-corrected chi connectivity index (χ3v) is 8.34. The first kappa shape index (κ1) is 17.3. The number of primary sulfonamides is 1. The SMILES string of the molecule is C[C@]12C=C[C@H](CC1C1Nc3cc(Cl)c(S(N)(=O)=O)cc3S(=O)(=O)N1)C2. The second-order valence-corrected chi connectivity index (χ2v) is 10.9. The Bertz CT molecular complexity index is 1010. The van der Waals surface area contributed by atoms with Gasteiger partial charge in [-0.3, -0.25) is 0 Å². The molecule has 0 aromatic heterocycles. The Balaban J connectivity index is 1.77. The summed E-state index contributed by atoms with van der Waals surface area (Å²) >= 11 is 6.01. The molecule has 7 nitrogen and oxygen atoms in total. The topological polar surface area (TPSA) is 118 Å². The molecule has 1 aliphatic heterocycles. The Morgan fingerprint density at radius 3 is 2.64 bits per heavy atom. The quantitative estimate of drug-likeness (QED) is 0.648. The molecule has 136 valence electrons. The number of nitrogens with two attached hydrogens (primary N) is 1. The number of benzene rings is 1. The average Bonchev–Trinajstić information content (AvgIpc) is 2.99. The molecule has 1 aromatic carbocycles. The van der Waals surface area contributed by atoms with Gasteiger partial charge in [-0.2, -0.15) is 4.72 Å². The largest absolute Gasteiger partial charge is 0.368 e. The van der Waals surface area contributed by atoms with Crippen molar-refractivity contribution < 1.29 is 16.8 Å². The Labute approximate surface area is 151 Å². The molecule has 4 rings (SSSR count). The molecule has 10 heteroatoms. The van der Waals surface area contributed by atoms with Crippen molar-refractivity contribution in [3.63, 3.8) is 0 Å². The predicted molar refractivity (Wildman–Crippen MR) is 94.0 cm³/mol. The van der Waals surface area contributed by atoms with Crippen LogP contribution >= 0.6 is 11.6 Å². The smallest absolute Gasteiger partial charge is 0.244 e. The summed E-state index contributed by atoms with van der Waals surface area (Å²) in [5.41, 5.74) is 0.226. The number of hydrogen-bond acceptors (Lipinski definition) is 5. The number of allylic oxidation sites excluding steroid dienone is 2. The monoisotopic (exact) mass is 403 g/mol. The fourth-order valence-electron chi connectivity index (χ4n) is 4.30. The summed E-state index contributed by atoms with van der Waals surface area (Å²) < 4.78 is 51.2. The highest BCUT2D eigenvalue weighted by atomic mass is 35.5. The van der Waals surface area contributed by atoms with Crippen LogP contribution in [0.5, 0.6) is 0 Å². The van der Waals surface area contributed by atoms with E-state index in [9.17, 15) is 16.8 Å². The lowest BCUT2D eigenvalue weighted by Gasteiger charge is -2.39. The van der Waals surface area contributed by atoms with Gasteiger partial charge in [-0.05, 0) is 36.3 Å². The van der Waals surface area contributed by atoms with Gasteiger partial charge in [0.15, 0.2) is 0 Å². The highest BCUT2D eigenvalue weighted by molar-refractivity contribution is 7.90. The van der Waals surface area contributed by atoms with E-state index in [1.165, 1.54) is 6.07 Å². The van der Waals surface area contributed by atoms with Crippen LogP contribution in [0.15, 0.2) is 34.1 Å². The van der Waals surface area contributed by atoms with Crippen LogP contribution in [0.2, 0.25) is 5.02 Å². The predicted octanol–water partition coefficient (Wildman–Crippen LogP) is 1.62. The summed E-state index contributed by atoms with van der Waals surface area (Å²) in [5, 5.41) is 8.18.